The van der Waals surface area contributed by atoms with Gasteiger partial charge in [0.05, 0.1) is 17.4 Å². The van der Waals surface area contributed by atoms with Crippen molar-refractivity contribution in [1.29, 1.82) is 0 Å². The average molecular weight is 402 g/mol. The quantitative estimate of drug-likeness (QED) is 0.368. The van der Waals surface area contributed by atoms with Gasteiger partial charge in [0.2, 0.25) is 0 Å². The Labute approximate surface area is 159 Å². The van der Waals surface area contributed by atoms with Crippen molar-refractivity contribution >= 4 is 40.9 Å². The maximum atomic E-state index is 10.7. The summed E-state index contributed by atoms with van der Waals surface area (Å²) in [4.78, 5) is 10.7. The van der Waals surface area contributed by atoms with Crippen molar-refractivity contribution in [2.75, 3.05) is 12.4 Å². The molecule has 0 radical (unpaired) electrons. The first kappa shape index (κ1) is 19.6. The molecule has 0 saturated heterocycles. The van der Waals surface area contributed by atoms with Gasteiger partial charge in [-0.1, -0.05) is 41.0 Å². The highest BCUT2D eigenvalue weighted by atomic mass is 35.5. The molecule has 25 heavy (non-hydrogen) atoms. The van der Waals surface area contributed by atoms with Crippen LogP contribution in [-0.4, -0.2) is 38.2 Å². The van der Waals surface area contributed by atoms with E-state index in [-0.39, 0.29) is 5.75 Å². The topological polar surface area (TPSA) is 77.2 Å². The molecule has 0 amide bonds. The van der Waals surface area contributed by atoms with Crippen LogP contribution in [0.1, 0.15) is 12.2 Å². The molecule has 2 rings (SSSR count). The minimum absolute atomic E-state index is 0.0621. The first-order valence-electron chi connectivity index (χ1n) is 7.46. The van der Waals surface area contributed by atoms with Crippen molar-refractivity contribution in [2.45, 2.75) is 24.5 Å². The van der Waals surface area contributed by atoms with Crippen LogP contribution in [0.3, 0.4) is 0 Å². The Bertz CT molecular complexity index is 752. The monoisotopic (exact) mass is 401 g/mol. The number of benzene rings is 1. The molecule has 0 bridgehead atoms. The minimum Gasteiger partial charge on any atom is -0.492 e. The number of halogens is 2. The predicted octanol–water partition coefficient (Wildman–Crippen LogP) is 3.96. The first-order chi connectivity index (χ1) is 12.0. The Balaban J connectivity index is 1.91. The number of nitrogens with zero attached hydrogens (tertiary/aromatic N) is 3. The number of rotatable bonds is 10. The molecule has 0 atom stereocenters. The SMILES string of the molecule is C=CCn1c(CCCOc2ccc(Cl)cc2Cl)nnc1SCC(=O)O. The van der Waals surface area contributed by atoms with Crippen molar-refractivity contribution in [2.24, 2.45) is 0 Å². The largest absolute Gasteiger partial charge is 0.492 e. The summed E-state index contributed by atoms with van der Waals surface area (Å²) in [6.45, 7) is 4.69. The number of carboxylic acid groups (broad SMARTS) is 1. The maximum absolute atomic E-state index is 10.7. The molecule has 1 heterocycles. The Morgan fingerprint density at radius 2 is 2.20 bits per heavy atom. The molecule has 0 aliphatic rings. The van der Waals surface area contributed by atoms with Gasteiger partial charge in [0.1, 0.15) is 11.6 Å². The van der Waals surface area contributed by atoms with Crippen LogP contribution in [0.2, 0.25) is 10.0 Å². The number of carbonyl (C=O) groups is 1. The number of aryl methyl sites for hydroxylation is 1. The number of carboxylic acids is 1. The molecule has 0 unspecified atom stereocenters. The maximum Gasteiger partial charge on any atom is 0.313 e. The lowest BCUT2D eigenvalue weighted by Crippen LogP contribution is -2.08. The summed E-state index contributed by atoms with van der Waals surface area (Å²) >= 11 is 13.0. The van der Waals surface area contributed by atoms with Crippen LogP contribution >= 0.6 is 35.0 Å². The van der Waals surface area contributed by atoms with Gasteiger partial charge < -0.3 is 14.4 Å². The third-order valence-electron chi connectivity index (χ3n) is 3.13. The number of aliphatic carboxylic acids is 1. The molecular formula is C16H17Cl2N3O3S. The number of ether oxygens (including phenoxy) is 1. The lowest BCUT2D eigenvalue weighted by atomic mass is 10.3. The summed E-state index contributed by atoms with van der Waals surface area (Å²) in [5, 5.41) is 18.6. The van der Waals surface area contributed by atoms with Crippen molar-refractivity contribution < 1.29 is 14.6 Å². The van der Waals surface area contributed by atoms with E-state index in [1.165, 1.54) is 0 Å². The van der Waals surface area contributed by atoms with Crippen LogP contribution in [0.5, 0.6) is 5.75 Å². The Morgan fingerprint density at radius 1 is 1.40 bits per heavy atom. The lowest BCUT2D eigenvalue weighted by Gasteiger charge is -2.09. The van der Waals surface area contributed by atoms with E-state index in [4.69, 9.17) is 33.0 Å². The van der Waals surface area contributed by atoms with Gasteiger partial charge in [0, 0.05) is 18.0 Å². The molecule has 1 N–H and O–H groups in total. The summed E-state index contributed by atoms with van der Waals surface area (Å²) in [6, 6.07) is 5.08. The molecule has 1 aromatic carbocycles. The molecule has 0 aliphatic heterocycles. The Hall–Kier alpha value is -1.70. The fraction of sp³-hybridized carbons (Fsp3) is 0.312. The van der Waals surface area contributed by atoms with E-state index in [9.17, 15) is 4.79 Å². The van der Waals surface area contributed by atoms with E-state index in [0.29, 0.717) is 46.9 Å². The molecule has 0 fully saturated rings. The number of hydrogen-bond acceptors (Lipinski definition) is 5. The van der Waals surface area contributed by atoms with Crippen LogP contribution in [-0.2, 0) is 17.8 Å². The second-order valence-electron chi connectivity index (χ2n) is 5.01. The first-order valence-corrected chi connectivity index (χ1v) is 9.21. The van der Waals surface area contributed by atoms with Gasteiger partial charge in [-0.2, -0.15) is 0 Å². The van der Waals surface area contributed by atoms with Crippen molar-refractivity contribution in [3.8, 4) is 5.75 Å². The molecule has 2 aromatic rings. The highest BCUT2D eigenvalue weighted by Crippen LogP contribution is 2.27. The fourth-order valence-corrected chi connectivity index (χ4v) is 3.20. The highest BCUT2D eigenvalue weighted by molar-refractivity contribution is 7.99. The van der Waals surface area contributed by atoms with Gasteiger partial charge in [0.15, 0.2) is 5.16 Å². The molecule has 134 valence electrons. The van der Waals surface area contributed by atoms with Crippen LogP contribution in [0, 0.1) is 0 Å². The van der Waals surface area contributed by atoms with E-state index in [1.54, 1.807) is 24.3 Å². The zero-order chi connectivity index (χ0) is 18.2. The zero-order valence-corrected chi connectivity index (χ0v) is 15.6. The normalized spacial score (nSPS) is 10.6. The zero-order valence-electron chi connectivity index (χ0n) is 13.3. The van der Waals surface area contributed by atoms with Crippen LogP contribution < -0.4 is 4.74 Å². The van der Waals surface area contributed by atoms with E-state index >= 15 is 0 Å². The summed E-state index contributed by atoms with van der Waals surface area (Å²) in [5.74, 6) is 0.385. The van der Waals surface area contributed by atoms with E-state index in [0.717, 1.165) is 17.6 Å². The second-order valence-corrected chi connectivity index (χ2v) is 6.79. The standard InChI is InChI=1S/C16H17Cl2N3O3S/c1-2-7-21-14(19-20-16(21)25-10-15(22)23)4-3-8-24-13-6-5-11(17)9-12(13)18/h2,5-6,9H,1,3-4,7-8,10H2,(H,22,23). The van der Waals surface area contributed by atoms with E-state index < -0.39 is 5.97 Å². The van der Waals surface area contributed by atoms with Crippen molar-refractivity contribution in [1.82, 2.24) is 14.8 Å². The molecule has 0 aliphatic carbocycles. The van der Waals surface area contributed by atoms with Gasteiger partial charge >= 0.3 is 5.97 Å². The summed E-state index contributed by atoms with van der Waals surface area (Å²) in [7, 11) is 0. The van der Waals surface area contributed by atoms with Crippen molar-refractivity contribution in [3.63, 3.8) is 0 Å². The smallest absolute Gasteiger partial charge is 0.313 e. The lowest BCUT2D eigenvalue weighted by molar-refractivity contribution is -0.133. The molecule has 1 aromatic heterocycles. The van der Waals surface area contributed by atoms with Gasteiger partial charge in [-0.05, 0) is 24.6 Å². The van der Waals surface area contributed by atoms with Gasteiger partial charge in [-0.25, -0.2) is 0 Å². The minimum atomic E-state index is -0.895. The molecule has 6 nitrogen and oxygen atoms in total. The second kappa shape index (κ2) is 9.70. The summed E-state index contributed by atoms with van der Waals surface area (Å²) in [5.41, 5.74) is 0. The van der Waals surface area contributed by atoms with Crippen LogP contribution in [0.25, 0.3) is 0 Å². The van der Waals surface area contributed by atoms with E-state index in [1.807, 2.05) is 4.57 Å². The fourth-order valence-electron chi connectivity index (χ4n) is 2.05. The molecular weight excluding hydrogens is 385 g/mol. The van der Waals surface area contributed by atoms with Crippen molar-refractivity contribution in [3.05, 3.63) is 46.7 Å². The predicted molar refractivity (Wildman–Crippen MR) is 98.9 cm³/mol. The summed E-state index contributed by atoms with van der Waals surface area (Å²) in [6.07, 6.45) is 3.07. The molecule has 9 heteroatoms. The van der Waals surface area contributed by atoms with Gasteiger partial charge in [-0.15, -0.1) is 16.8 Å². The van der Waals surface area contributed by atoms with Gasteiger partial charge in [-0.3, -0.25) is 4.79 Å². The number of allylic oxidation sites excluding steroid dienone is 1. The average Bonchev–Trinajstić information content (AvgIpc) is 2.94. The van der Waals surface area contributed by atoms with E-state index in [2.05, 4.69) is 16.8 Å². The van der Waals surface area contributed by atoms with Crippen LogP contribution in [0.15, 0.2) is 36.0 Å². The number of hydrogen-bond donors (Lipinski definition) is 1. The Kier molecular flexibility index (Phi) is 7.61. The number of thioether (sulfide) groups is 1. The highest BCUT2D eigenvalue weighted by Gasteiger charge is 2.13. The number of aromatic nitrogens is 3. The summed E-state index contributed by atoms with van der Waals surface area (Å²) < 4.78 is 7.51. The molecule has 0 spiro atoms. The van der Waals surface area contributed by atoms with Gasteiger partial charge in [0.25, 0.3) is 0 Å². The van der Waals surface area contributed by atoms with Crippen LogP contribution in [0.4, 0.5) is 0 Å². The third kappa shape index (κ3) is 5.95. The molecule has 0 saturated carbocycles. The Morgan fingerprint density at radius 3 is 2.88 bits per heavy atom. The third-order valence-corrected chi connectivity index (χ3v) is 4.61.